The lowest BCUT2D eigenvalue weighted by molar-refractivity contribution is -0.254. The average Bonchev–Trinajstić information content (AvgIpc) is 3.20. The smallest absolute Gasteiger partial charge is 0.380 e. The van der Waals surface area contributed by atoms with Crippen LogP contribution in [0.4, 0.5) is 61.5 Å². The molecule has 0 N–H and O–H groups in total. The topological polar surface area (TPSA) is 18.5 Å². The predicted octanol–water partition coefficient (Wildman–Crippen LogP) is 9.45. The molecule has 0 saturated heterocycles. The van der Waals surface area contributed by atoms with Gasteiger partial charge >= 0.3 is 17.8 Å². The van der Waals surface area contributed by atoms with Gasteiger partial charge in [0.1, 0.15) is 22.6 Å². The molecule has 0 saturated carbocycles. The van der Waals surface area contributed by atoms with Crippen LogP contribution in [0.25, 0.3) is 11.1 Å². The van der Waals surface area contributed by atoms with Crippen molar-refractivity contribution in [2.45, 2.75) is 17.8 Å². The number of hydrogen-bond acceptors (Lipinski definition) is 2. The van der Waals surface area contributed by atoms with Gasteiger partial charge < -0.3 is 9.47 Å². The molecule has 1 aliphatic carbocycles. The summed E-state index contributed by atoms with van der Waals surface area (Å²) < 4.78 is 222. The molecule has 0 radical (unpaired) electrons. The standard InChI is InChI=1S/C35H14F14O2/c1-50-17-9-3-15(4-10-17)7-13-19-25(36)29(40)21(30(41)26(19)37)23-24(34(46,47)35(48,49)33(23,44)45)22-31(42)27(38)20(28(39)32(22)43)14-8-16-5-11-18(51-2)12-6-16/h3-6,9-12H,1-2H3. The van der Waals surface area contributed by atoms with E-state index < -0.39 is 97.7 Å². The third-order valence-corrected chi connectivity index (χ3v) is 7.54. The number of hydrogen-bond donors (Lipinski definition) is 0. The second-order valence-corrected chi connectivity index (χ2v) is 10.4. The van der Waals surface area contributed by atoms with Crippen molar-refractivity contribution in [2.24, 2.45) is 0 Å². The largest absolute Gasteiger partial charge is 0.497 e. The number of allylic oxidation sites excluding steroid dienone is 2. The van der Waals surface area contributed by atoms with E-state index >= 15 is 52.7 Å². The molecule has 0 heterocycles. The van der Waals surface area contributed by atoms with Gasteiger partial charge in [-0.05, 0) is 48.5 Å². The highest BCUT2D eigenvalue weighted by atomic mass is 19.3. The lowest BCUT2D eigenvalue weighted by Crippen LogP contribution is -2.49. The maximum absolute atomic E-state index is 15.4. The molecule has 4 aromatic rings. The molecule has 5 rings (SSSR count). The second-order valence-electron chi connectivity index (χ2n) is 10.4. The van der Waals surface area contributed by atoms with Crippen LogP contribution in [0, 0.1) is 70.2 Å². The Morgan fingerprint density at radius 3 is 0.941 bits per heavy atom. The molecule has 0 spiro atoms. The maximum atomic E-state index is 15.4. The van der Waals surface area contributed by atoms with Crippen molar-refractivity contribution in [3.05, 3.63) is 128 Å². The lowest BCUT2D eigenvalue weighted by atomic mass is 9.91. The van der Waals surface area contributed by atoms with Gasteiger partial charge in [-0.3, -0.25) is 0 Å². The van der Waals surface area contributed by atoms with Crippen molar-refractivity contribution < 1.29 is 70.9 Å². The Labute approximate surface area is 277 Å². The quantitative estimate of drug-likeness (QED) is 0.118. The molecule has 0 atom stereocenters. The summed E-state index contributed by atoms with van der Waals surface area (Å²) >= 11 is 0. The molecule has 4 aromatic carbocycles. The summed E-state index contributed by atoms with van der Waals surface area (Å²) in [5.74, 6) is -35.0. The molecule has 264 valence electrons. The van der Waals surface area contributed by atoms with Crippen LogP contribution in [-0.2, 0) is 0 Å². The summed E-state index contributed by atoms with van der Waals surface area (Å²) in [5, 5.41) is 0. The number of benzene rings is 4. The van der Waals surface area contributed by atoms with Crippen LogP contribution in [0.15, 0.2) is 48.5 Å². The minimum atomic E-state index is -6.86. The van der Waals surface area contributed by atoms with Gasteiger partial charge in [-0.2, -0.15) is 26.3 Å². The zero-order valence-electron chi connectivity index (χ0n) is 25.2. The molecule has 0 aliphatic heterocycles. The van der Waals surface area contributed by atoms with Gasteiger partial charge in [0.25, 0.3) is 0 Å². The van der Waals surface area contributed by atoms with E-state index in [2.05, 4.69) is 11.8 Å². The fraction of sp³-hybridized carbons (Fsp3) is 0.143. The van der Waals surface area contributed by atoms with E-state index in [0.717, 1.165) is 0 Å². The first-order chi connectivity index (χ1) is 23.8. The molecule has 0 fully saturated rings. The number of alkyl halides is 6. The molecule has 1 aliphatic rings. The summed E-state index contributed by atoms with van der Waals surface area (Å²) in [4.78, 5) is 0. The lowest BCUT2D eigenvalue weighted by Gasteiger charge is -2.26. The third-order valence-electron chi connectivity index (χ3n) is 7.54. The monoisotopic (exact) mass is 732 g/mol. The third kappa shape index (κ3) is 5.68. The van der Waals surface area contributed by atoms with Crippen molar-refractivity contribution in [1.29, 1.82) is 0 Å². The van der Waals surface area contributed by atoms with Gasteiger partial charge in [0, 0.05) is 11.1 Å². The normalized spacial score (nSPS) is 15.5. The van der Waals surface area contributed by atoms with E-state index in [0.29, 0.717) is 0 Å². The summed E-state index contributed by atoms with van der Waals surface area (Å²) in [6, 6.07) is 9.95. The molecule has 0 aromatic heterocycles. The van der Waals surface area contributed by atoms with Crippen molar-refractivity contribution >= 4 is 11.1 Å². The molecule has 51 heavy (non-hydrogen) atoms. The van der Waals surface area contributed by atoms with Crippen LogP contribution in [0.2, 0.25) is 0 Å². The minimum Gasteiger partial charge on any atom is -0.497 e. The first kappa shape index (κ1) is 36.6. The van der Waals surface area contributed by atoms with E-state index in [1.54, 1.807) is 11.8 Å². The van der Waals surface area contributed by atoms with E-state index in [4.69, 9.17) is 9.47 Å². The number of methoxy groups -OCH3 is 2. The van der Waals surface area contributed by atoms with Crippen LogP contribution in [0.5, 0.6) is 11.5 Å². The zero-order chi connectivity index (χ0) is 37.8. The summed E-state index contributed by atoms with van der Waals surface area (Å²) in [6.07, 6.45) is 0. The number of halogens is 14. The predicted molar refractivity (Wildman–Crippen MR) is 152 cm³/mol. The van der Waals surface area contributed by atoms with Crippen molar-refractivity contribution in [2.75, 3.05) is 14.2 Å². The summed E-state index contributed by atoms with van der Waals surface area (Å²) in [5.41, 5.74) is -16.6. The highest BCUT2D eigenvalue weighted by molar-refractivity contribution is 6.01. The Morgan fingerprint density at radius 2 is 0.686 bits per heavy atom. The van der Waals surface area contributed by atoms with Crippen molar-refractivity contribution in [3.63, 3.8) is 0 Å². The molecule has 0 amide bonds. The van der Waals surface area contributed by atoms with Gasteiger partial charge in [-0.1, -0.05) is 23.7 Å². The van der Waals surface area contributed by atoms with Crippen molar-refractivity contribution in [3.8, 4) is 35.2 Å². The second kappa shape index (κ2) is 12.9. The fourth-order valence-corrected chi connectivity index (χ4v) is 4.93. The van der Waals surface area contributed by atoms with E-state index in [-0.39, 0.29) is 22.6 Å². The van der Waals surface area contributed by atoms with E-state index in [1.165, 1.54) is 62.8 Å². The average molecular weight is 732 g/mol. The minimum absolute atomic E-state index is 0.0711. The van der Waals surface area contributed by atoms with Crippen LogP contribution in [0.1, 0.15) is 33.4 Å². The van der Waals surface area contributed by atoms with E-state index in [1.807, 2.05) is 0 Å². The number of rotatable bonds is 4. The van der Waals surface area contributed by atoms with Gasteiger partial charge in [0.05, 0.1) is 36.5 Å². The highest BCUT2D eigenvalue weighted by Gasteiger charge is 2.81. The molecule has 0 unspecified atom stereocenters. The van der Waals surface area contributed by atoms with Gasteiger partial charge in [-0.15, -0.1) is 0 Å². The van der Waals surface area contributed by atoms with E-state index in [9.17, 15) is 8.78 Å². The molecule has 2 nitrogen and oxygen atoms in total. The van der Waals surface area contributed by atoms with Crippen LogP contribution in [-0.4, -0.2) is 32.0 Å². The Kier molecular flexibility index (Phi) is 9.28. The van der Waals surface area contributed by atoms with Crippen molar-refractivity contribution in [1.82, 2.24) is 0 Å². The molecule has 16 heteroatoms. The first-order valence-electron chi connectivity index (χ1n) is 13.8. The SMILES string of the molecule is COc1ccc(C#Cc2c(F)c(F)c(C3=C(c4c(F)c(F)c(C#Cc5ccc(OC)cc5)c(F)c4F)C(F)(F)C(F)(F)C3(F)F)c(F)c2F)cc1. The Hall–Kier alpha value is -5.64. The molecular weight excluding hydrogens is 718 g/mol. The first-order valence-corrected chi connectivity index (χ1v) is 13.8. The Bertz CT molecular complexity index is 2020. The highest BCUT2D eigenvalue weighted by Crippen LogP contribution is 2.65. The maximum Gasteiger partial charge on any atom is 0.380 e. The van der Waals surface area contributed by atoms with Gasteiger partial charge in [0.15, 0.2) is 46.5 Å². The van der Waals surface area contributed by atoms with Gasteiger partial charge in [0.2, 0.25) is 0 Å². The summed E-state index contributed by atoms with van der Waals surface area (Å²) in [7, 11) is 2.56. The molecular formula is C35H14F14O2. The zero-order valence-corrected chi connectivity index (χ0v) is 25.2. The Balaban J connectivity index is 1.79. The fourth-order valence-electron chi connectivity index (χ4n) is 4.93. The van der Waals surface area contributed by atoms with Crippen LogP contribution >= 0.6 is 0 Å². The Morgan fingerprint density at radius 1 is 0.412 bits per heavy atom. The van der Waals surface area contributed by atoms with Crippen LogP contribution in [0.3, 0.4) is 0 Å². The summed E-state index contributed by atoms with van der Waals surface area (Å²) in [6.45, 7) is 0. The molecule has 0 bridgehead atoms. The van der Waals surface area contributed by atoms with Gasteiger partial charge in [-0.25, -0.2) is 35.1 Å². The van der Waals surface area contributed by atoms with Crippen LogP contribution < -0.4 is 9.47 Å². The number of ether oxygens (including phenoxy) is 2.